The van der Waals surface area contributed by atoms with Gasteiger partial charge in [0, 0.05) is 36.8 Å². The van der Waals surface area contributed by atoms with Crippen molar-refractivity contribution in [3.8, 4) is 23.4 Å². The summed E-state index contributed by atoms with van der Waals surface area (Å²) in [6.07, 6.45) is -3.07. The van der Waals surface area contributed by atoms with Crippen molar-refractivity contribution >= 4 is 17.1 Å². The molecule has 5 rings (SSSR count). The number of hydrogen-bond acceptors (Lipinski definition) is 7. The molecule has 0 saturated carbocycles. The summed E-state index contributed by atoms with van der Waals surface area (Å²) in [4.78, 5) is 18.1. The number of nitriles is 1. The molecule has 7 nitrogen and oxygen atoms in total. The number of ether oxygens (including phenoxy) is 3. The van der Waals surface area contributed by atoms with E-state index in [1.165, 1.54) is 12.1 Å². The number of benzene rings is 2. The van der Waals surface area contributed by atoms with E-state index < -0.39 is 23.8 Å². The van der Waals surface area contributed by atoms with Gasteiger partial charge in [-0.15, -0.1) is 0 Å². The number of allylic oxidation sites excluding steroid dienone is 1. The number of aromatic nitrogens is 1. The van der Waals surface area contributed by atoms with Gasteiger partial charge < -0.3 is 14.2 Å². The van der Waals surface area contributed by atoms with E-state index in [2.05, 4.69) is 9.88 Å². The molecule has 0 bridgehead atoms. The fraction of sp³-hybridized carbons (Fsp3) is 0.382. The lowest BCUT2D eigenvalue weighted by Crippen LogP contribution is -2.28. The Morgan fingerprint density at radius 3 is 2.59 bits per heavy atom. The van der Waals surface area contributed by atoms with Gasteiger partial charge in [0.2, 0.25) is 11.8 Å². The maximum Gasteiger partial charge on any atom is 0.491 e. The second kappa shape index (κ2) is 14.3. The molecule has 12 heteroatoms. The van der Waals surface area contributed by atoms with Crippen LogP contribution in [0.3, 0.4) is 0 Å². The first-order valence-electron chi connectivity index (χ1n) is 15.1. The Morgan fingerprint density at radius 1 is 1.13 bits per heavy atom. The van der Waals surface area contributed by atoms with Crippen LogP contribution >= 0.6 is 0 Å². The van der Waals surface area contributed by atoms with E-state index in [9.17, 15) is 27.6 Å². The minimum absolute atomic E-state index is 0.0151. The zero-order valence-corrected chi connectivity index (χ0v) is 25.1. The number of rotatable bonds is 10. The number of fused-ring (bicyclic) bond motifs is 1. The van der Waals surface area contributed by atoms with Crippen LogP contribution in [0.1, 0.15) is 60.4 Å². The lowest BCUT2D eigenvalue weighted by molar-refractivity contribution is -0.189. The van der Waals surface area contributed by atoms with Crippen molar-refractivity contribution in [1.29, 1.82) is 5.26 Å². The average molecular weight is 642 g/mol. The molecule has 3 aromatic rings. The van der Waals surface area contributed by atoms with Crippen LogP contribution in [0.25, 0.3) is 11.1 Å². The molecule has 1 atom stereocenters. The predicted molar refractivity (Wildman–Crippen MR) is 160 cm³/mol. The number of halogens is 5. The molecule has 2 aromatic carbocycles. The minimum atomic E-state index is -5.29. The number of pyridine rings is 1. The van der Waals surface area contributed by atoms with Crippen LogP contribution in [0.5, 0.6) is 17.4 Å². The lowest BCUT2D eigenvalue weighted by atomic mass is 9.87. The molecule has 0 unspecified atom stereocenters. The first kappa shape index (κ1) is 32.9. The topological polar surface area (TPSA) is 84.7 Å². The first-order chi connectivity index (χ1) is 22.1. The van der Waals surface area contributed by atoms with Gasteiger partial charge in [-0.05, 0) is 91.6 Å². The third kappa shape index (κ3) is 7.48. The van der Waals surface area contributed by atoms with Crippen LogP contribution in [0, 0.1) is 17.3 Å². The van der Waals surface area contributed by atoms with Gasteiger partial charge in [0.1, 0.15) is 17.6 Å². The third-order valence-corrected chi connectivity index (χ3v) is 7.90. The predicted octanol–water partition coefficient (Wildman–Crippen LogP) is 7.07. The number of alkyl halides is 4. The van der Waals surface area contributed by atoms with Gasteiger partial charge in [-0.1, -0.05) is 12.1 Å². The van der Waals surface area contributed by atoms with Crippen LogP contribution in [0.15, 0.2) is 48.5 Å². The van der Waals surface area contributed by atoms with Crippen LogP contribution in [-0.4, -0.2) is 61.0 Å². The summed E-state index contributed by atoms with van der Waals surface area (Å²) in [5.41, 5.74) is 2.05. The number of carbonyl (C=O) groups excluding carboxylic acids is 1. The van der Waals surface area contributed by atoms with Gasteiger partial charge in [-0.3, -0.25) is 9.29 Å². The van der Waals surface area contributed by atoms with Gasteiger partial charge in [-0.25, -0.2) is 4.79 Å². The minimum Gasteiger partial charge on any atom is -0.489 e. The van der Waals surface area contributed by atoms with Crippen molar-refractivity contribution < 1.29 is 41.0 Å². The number of carbonyl (C=O) groups is 1. The molecule has 1 aliphatic carbocycles. The van der Waals surface area contributed by atoms with E-state index in [1.54, 1.807) is 37.3 Å². The highest BCUT2D eigenvalue weighted by Gasteiger charge is 2.42. The zero-order valence-electron chi connectivity index (χ0n) is 25.1. The molecule has 2 heterocycles. The van der Waals surface area contributed by atoms with Crippen molar-refractivity contribution in [3.05, 3.63) is 82.3 Å². The summed E-state index contributed by atoms with van der Waals surface area (Å²) in [5, 5.41) is 9.63. The van der Waals surface area contributed by atoms with Crippen LogP contribution in [0.2, 0.25) is 0 Å². The standard InChI is InChI=1S/C34H32F5N3O4/c1-2-44-29-12-11-27(32(36)41-29)26-6-3-5-23-17-21(19-40)18-28(46-33(43)34(37,38)39)31(23)30(26)22-7-9-24(10-8-22)45-25-13-16-42(20-25)15-4-14-35/h7-12,17-18,25H,2-6,13-16,20H2,1H3/t25-/m0/s1. The number of likely N-dealkylation sites (tertiary alicyclic amines) is 1. The van der Waals surface area contributed by atoms with Gasteiger partial charge >= 0.3 is 12.1 Å². The average Bonchev–Trinajstić information content (AvgIpc) is 3.38. The molecule has 1 fully saturated rings. The second-order valence-corrected chi connectivity index (χ2v) is 11.0. The summed E-state index contributed by atoms with van der Waals surface area (Å²) in [7, 11) is 0. The van der Waals surface area contributed by atoms with E-state index in [4.69, 9.17) is 14.2 Å². The Labute approximate surface area is 263 Å². The number of hydrogen-bond donors (Lipinski definition) is 0. The maximum absolute atomic E-state index is 15.6. The highest BCUT2D eigenvalue weighted by Crippen LogP contribution is 2.45. The van der Waals surface area contributed by atoms with Crippen molar-refractivity contribution in [1.82, 2.24) is 9.88 Å². The normalized spacial score (nSPS) is 16.8. The van der Waals surface area contributed by atoms with Crippen LogP contribution in [-0.2, 0) is 11.2 Å². The Morgan fingerprint density at radius 2 is 1.91 bits per heavy atom. The summed E-state index contributed by atoms with van der Waals surface area (Å²) in [6, 6.07) is 14.4. The fourth-order valence-electron chi connectivity index (χ4n) is 5.92. The maximum atomic E-state index is 15.6. The van der Waals surface area contributed by atoms with Crippen LogP contribution in [0.4, 0.5) is 22.0 Å². The zero-order chi connectivity index (χ0) is 32.8. The second-order valence-electron chi connectivity index (χ2n) is 11.0. The monoisotopic (exact) mass is 641 g/mol. The van der Waals surface area contributed by atoms with Crippen molar-refractivity contribution in [2.75, 3.05) is 32.9 Å². The van der Waals surface area contributed by atoms with E-state index in [1.807, 2.05) is 6.07 Å². The number of nitrogens with zero attached hydrogens (tertiary/aromatic N) is 3. The highest BCUT2D eigenvalue weighted by molar-refractivity contribution is 6.02. The quantitative estimate of drug-likeness (QED) is 0.101. The van der Waals surface area contributed by atoms with E-state index in [0.717, 1.165) is 19.0 Å². The molecule has 0 radical (unpaired) electrons. The molecular formula is C34H32F5N3O4. The van der Waals surface area contributed by atoms with Gasteiger partial charge in [0.15, 0.2) is 0 Å². The Balaban J connectivity index is 1.62. The fourth-order valence-corrected chi connectivity index (χ4v) is 5.92. The molecule has 1 aliphatic heterocycles. The van der Waals surface area contributed by atoms with E-state index in [-0.39, 0.29) is 42.0 Å². The Hall–Kier alpha value is -4.50. The summed E-state index contributed by atoms with van der Waals surface area (Å²) < 4.78 is 84.8. The first-order valence-corrected chi connectivity index (χ1v) is 15.1. The largest absolute Gasteiger partial charge is 0.491 e. The summed E-state index contributed by atoms with van der Waals surface area (Å²) in [5.74, 6) is -3.10. The molecular weight excluding hydrogens is 609 g/mol. The number of esters is 1. The van der Waals surface area contributed by atoms with E-state index >= 15 is 4.39 Å². The smallest absolute Gasteiger partial charge is 0.489 e. The number of aryl methyl sites for hydroxylation is 1. The Kier molecular flexibility index (Phi) is 10.2. The molecule has 242 valence electrons. The third-order valence-electron chi connectivity index (χ3n) is 7.90. The highest BCUT2D eigenvalue weighted by atomic mass is 19.4. The molecule has 0 amide bonds. The molecule has 0 N–H and O–H groups in total. The van der Waals surface area contributed by atoms with Crippen molar-refractivity contribution in [3.63, 3.8) is 0 Å². The molecule has 1 aromatic heterocycles. The van der Waals surface area contributed by atoms with Crippen molar-refractivity contribution in [2.24, 2.45) is 0 Å². The molecule has 0 spiro atoms. The van der Waals surface area contributed by atoms with Gasteiger partial charge in [0.05, 0.1) is 24.9 Å². The summed E-state index contributed by atoms with van der Waals surface area (Å²) in [6.45, 7) is 3.73. The van der Waals surface area contributed by atoms with Crippen molar-refractivity contribution in [2.45, 2.75) is 51.3 Å². The summed E-state index contributed by atoms with van der Waals surface area (Å²) >= 11 is 0. The van der Waals surface area contributed by atoms with Crippen LogP contribution < -0.4 is 14.2 Å². The van der Waals surface area contributed by atoms with Gasteiger partial charge in [-0.2, -0.15) is 27.8 Å². The van der Waals surface area contributed by atoms with Gasteiger partial charge in [0.25, 0.3) is 0 Å². The molecule has 1 saturated heterocycles. The lowest BCUT2D eigenvalue weighted by Gasteiger charge is -2.21. The molecule has 2 aliphatic rings. The molecule has 46 heavy (non-hydrogen) atoms. The van der Waals surface area contributed by atoms with E-state index in [0.29, 0.717) is 66.8 Å². The Bertz CT molecular complexity index is 1650. The SMILES string of the molecule is CCOc1ccc(C2=C(c3ccc(O[C@H]4CCN(CCCF)C4)cc3)c3c(cc(C#N)cc3OC(=O)C(F)(F)F)CCC2)c(F)n1.